The quantitative estimate of drug-likeness (QED) is 0.729. The molecule has 0 fully saturated rings. The summed E-state index contributed by atoms with van der Waals surface area (Å²) in [5.74, 6) is -1.20. The largest absolute Gasteiger partial charge is 0.477 e. The minimum atomic E-state index is -1.20. The van der Waals surface area contributed by atoms with Gasteiger partial charge in [0.05, 0.1) is 6.61 Å². The molecule has 1 heterocycles. The predicted octanol–water partition coefficient (Wildman–Crippen LogP) is 1.36. The average Bonchev–Trinajstić information content (AvgIpc) is 2.30. The Morgan fingerprint density at radius 2 is 2.24 bits per heavy atom. The molecule has 1 aromatic rings. The van der Waals surface area contributed by atoms with Gasteiger partial charge in [-0.2, -0.15) is 0 Å². The highest BCUT2D eigenvalue weighted by atomic mass is 16.5. The highest BCUT2D eigenvalue weighted by Gasteiger charge is 2.07. The molecule has 0 aromatic carbocycles. The first-order valence-electron chi connectivity index (χ1n) is 5.66. The van der Waals surface area contributed by atoms with E-state index < -0.39 is 11.4 Å². The van der Waals surface area contributed by atoms with Crippen LogP contribution in [0.25, 0.3) is 0 Å². The first-order valence-corrected chi connectivity index (χ1v) is 5.66. The Kier molecular flexibility index (Phi) is 5.42. The molecular formula is C12H17NO4. The van der Waals surface area contributed by atoms with E-state index in [1.807, 2.05) is 0 Å². The summed E-state index contributed by atoms with van der Waals surface area (Å²) in [6.07, 6.45) is 5.01. The maximum Gasteiger partial charge on any atom is 0.341 e. The van der Waals surface area contributed by atoms with Gasteiger partial charge in [-0.3, -0.25) is 4.79 Å². The summed E-state index contributed by atoms with van der Waals surface area (Å²) in [6.45, 7) is 3.86. The predicted molar refractivity (Wildman–Crippen MR) is 63.4 cm³/mol. The number of carboxylic acids is 1. The van der Waals surface area contributed by atoms with Crippen molar-refractivity contribution in [3.8, 4) is 0 Å². The zero-order valence-electron chi connectivity index (χ0n) is 9.89. The lowest BCUT2D eigenvalue weighted by Crippen LogP contribution is -2.17. The first kappa shape index (κ1) is 13.4. The lowest BCUT2D eigenvalue weighted by atomic mass is 10.3. The van der Waals surface area contributed by atoms with Crippen LogP contribution in [-0.2, 0) is 11.3 Å². The van der Waals surface area contributed by atoms with E-state index in [0.717, 1.165) is 12.8 Å². The fourth-order valence-electron chi connectivity index (χ4n) is 1.34. The maximum atomic E-state index is 11.2. The molecule has 0 saturated heterocycles. The molecule has 5 heteroatoms. The third-order valence-electron chi connectivity index (χ3n) is 2.34. The minimum Gasteiger partial charge on any atom is -0.477 e. The van der Waals surface area contributed by atoms with Crippen molar-refractivity contribution in [1.29, 1.82) is 0 Å². The van der Waals surface area contributed by atoms with Crippen LogP contribution in [0, 0.1) is 0 Å². The van der Waals surface area contributed by atoms with E-state index in [0.29, 0.717) is 19.8 Å². The molecule has 0 spiro atoms. The molecule has 0 aliphatic heterocycles. The fraction of sp³-hybridized carbons (Fsp3) is 0.500. The Bertz CT molecular complexity index is 425. The molecule has 1 N–H and O–H groups in total. The Labute approximate surface area is 99.6 Å². The number of nitrogens with zero attached hydrogens (tertiary/aromatic N) is 1. The zero-order valence-corrected chi connectivity index (χ0v) is 9.89. The molecule has 0 bridgehead atoms. The SMILES string of the molecule is CCCCOCCn1ccc(=O)c(C(=O)O)c1. The van der Waals surface area contributed by atoms with Gasteiger partial charge in [-0.05, 0) is 6.42 Å². The molecule has 0 amide bonds. The normalized spacial score (nSPS) is 10.4. The smallest absolute Gasteiger partial charge is 0.341 e. The summed E-state index contributed by atoms with van der Waals surface area (Å²) in [7, 11) is 0. The third-order valence-corrected chi connectivity index (χ3v) is 2.34. The van der Waals surface area contributed by atoms with E-state index in [9.17, 15) is 9.59 Å². The van der Waals surface area contributed by atoms with Crippen LogP contribution in [0.3, 0.4) is 0 Å². The standard InChI is InChI=1S/C12H17NO4/c1-2-3-7-17-8-6-13-5-4-11(14)10(9-13)12(15)16/h4-5,9H,2-3,6-8H2,1H3,(H,15,16). The van der Waals surface area contributed by atoms with Crippen LogP contribution in [0.4, 0.5) is 0 Å². The second-order valence-electron chi connectivity index (χ2n) is 3.73. The lowest BCUT2D eigenvalue weighted by Gasteiger charge is -2.07. The fourth-order valence-corrected chi connectivity index (χ4v) is 1.34. The second kappa shape index (κ2) is 6.85. The van der Waals surface area contributed by atoms with Crippen molar-refractivity contribution < 1.29 is 14.6 Å². The van der Waals surface area contributed by atoms with Crippen molar-refractivity contribution in [1.82, 2.24) is 4.57 Å². The number of aromatic nitrogens is 1. The number of aromatic carboxylic acids is 1. The van der Waals surface area contributed by atoms with Gasteiger partial charge in [0, 0.05) is 31.6 Å². The van der Waals surface area contributed by atoms with Gasteiger partial charge in [-0.25, -0.2) is 4.79 Å². The number of ether oxygens (including phenoxy) is 1. The van der Waals surface area contributed by atoms with E-state index in [4.69, 9.17) is 9.84 Å². The summed E-state index contributed by atoms with van der Waals surface area (Å²) in [5, 5.41) is 8.79. The molecule has 94 valence electrons. The number of carbonyl (C=O) groups is 1. The minimum absolute atomic E-state index is 0.207. The van der Waals surface area contributed by atoms with Crippen molar-refractivity contribution in [3.63, 3.8) is 0 Å². The van der Waals surface area contributed by atoms with Crippen LogP contribution in [0.1, 0.15) is 30.1 Å². The van der Waals surface area contributed by atoms with Crippen LogP contribution in [0.2, 0.25) is 0 Å². The van der Waals surface area contributed by atoms with Gasteiger partial charge in [-0.1, -0.05) is 13.3 Å². The Morgan fingerprint density at radius 1 is 1.47 bits per heavy atom. The number of carboxylic acid groups (broad SMARTS) is 1. The van der Waals surface area contributed by atoms with E-state index in [-0.39, 0.29) is 5.56 Å². The monoisotopic (exact) mass is 239 g/mol. The molecule has 1 aromatic heterocycles. The van der Waals surface area contributed by atoms with Crippen LogP contribution >= 0.6 is 0 Å². The number of hydrogen-bond acceptors (Lipinski definition) is 3. The molecule has 0 atom stereocenters. The van der Waals surface area contributed by atoms with Gasteiger partial charge >= 0.3 is 5.97 Å². The highest BCUT2D eigenvalue weighted by Crippen LogP contribution is 1.94. The molecule has 17 heavy (non-hydrogen) atoms. The number of hydrogen-bond donors (Lipinski definition) is 1. The number of unbranched alkanes of at least 4 members (excludes halogenated alkanes) is 1. The summed E-state index contributed by atoms with van der Waals surface area (Å²) < 4.78 is 7.01. The summed E-state index contributed by atoms with van der Waals surface area (Å²) >= 11 is 0. The first-order chi connectivity index (χ1) is 8.15. The van der Waals surface area contributed by atoms with Gasteiger partial charge in [0.1, 0.15) is 5.56 Å². The Morgan fingerprint density at radius 3 is 2.88 bits per heavy atom. The Hall–Kier alpha value is -1.62. The molecular weight excluding hydrogens is 222 g/mol. The summed E-state index contributed by atoms with van der Waals surface area (Å²) in [4.78, 5) is 21.9. The van der Waals surface area contributed by atoms with Crippen LogP contribution in [0.5, 0.6) is 0 Å². The molecule has 1 rings (SSSR count). The van der Waals surface area contributed by atoms with Gasteiger partial charge in [0.25, 0.3) is 0 Å². The number of rotatable bonds is 7. The Balaban J connectivity index is 2.52. The van der Waals surface area contributed by atoms with Gasteiger partial charge in [-0.15, -0.1) is 0 Å². The van der Waals surface area contributed by atoms with Gasteiger partial charge < -0.3 is 14.4 Å². The van der Waals surface area contributed by atoms with Crippen LogP contribution < -0.4 is 5.43 Å². The molecule has 0 aliphatic rings. The van der Waals surface area contributed by atoms with Crippen molar-refractivity contribution in [2.24, 2.45) is 0 Å². The van der Waals surface area contributed by atoms with Crippen molar-refractivity contribution >= 4 is 5.97 Å². The second-order valence-corrected chi connectivity index (χ2v) is 3.73. The van der Waals surface area contributed by atoms with E-state index in [2.05, 4.69) is 6.92 Å². The zero-order chi connectivity index (χ0) is 12.7. The highest BCUT2D eigenvalue weighted by molar-refractivity contribution is 5.86. The molecule has 5 nitrogen and oxygen atoms in total. The average molecular weight is 239 g/mol. The molecule has 0 aliphatic carbocycles. The summed E-state index contributed by atoms with van der Waals surface area (Å²) in [6, 6.07) is 1.26. The van der Waals surface area contributed by atoms with Crippen molar-refractivity contribution in [2.45, 2.75) is 26.3 Å². The molecule has 0 saturated carbocycles. The van der Waals surface area contributed by atoms with Crippen molar-refractivity contribution in [2.75, 3.05) is 13.2 Å². The van der Waals surface area contributed by atoms with Gasteiger partial charge in [0.2, 0.25) is 0 Å². The van der Waals surface area contributed by atoms with E-state index in [1.54, 1.807) is 10.8 Å². The lowest BCUT2D eigenvalue weighted by molar-refractivity contribution is 0.0693. The number of pyridine rings is 1. The molecule has 0 radical (unpaired) electrons. The van der Waals surface area contributed by atoms with Gasteiger partial charge in [0.15, 0.2) is 5.43 Å². The third kappa shape index (κ3) is 4.40. The maximum absolute atomic E-state index is 11.2. The molecule has 0 unspecified atom stereocenters. The van der Waals surface area contributed by atoms with Crippen LogP contribution in [0.15, 0.2) is 23.3 Å². The summed E-state index contributed by atoms with van der Waals surface area (Å²) in [5.41, 5.74) is -0.679. The van der Waals surface area contributed by atoms with E-state index >= 15 is 0 Å². The van der Waals surface area contributed by atoms with Crippen LogP contribution in [-0.4, -0.2) is 28.9 Å². The van der Waals surface area contributed by atoms with E-state index in [1.165, 1.54) is 12.3 Å². The van der Waals surface area contributed by atoms with Crippen molar-refractivity contribution in [3.05, 3.63) is 34.2 Å². The topological polar surface area (TPSA) is 68.5 Å².